The van der Waals surface area contributed by atoms with Crippen molar-refractivity contribution in [3.05, 3.63) is 29.3 Å². The molecule has 0 amide bonds. The predicted octanol–water partition coefficient (Wildman–Crippen LogP) is 2.07. The normalized spacial score (nSPS) is 12.4. The molecule has 3 nitrogen and oxygen atoms in total. The monoisotopic (exact) mass is 239 g/mol. The molecule has 0 saturated heterocycles. The molecule has 0 saturated carbocycles. The third kappa shape index (κ3) is 3.54. The number of benzene rings is 1. The van der Waals surface area contributed by atoms with E-state index < -0.39 is 12.0 Å². The lowest BCUT2D eigenvalue weighted by atomic mass is 10.1. The van der Waals surface area contributed by atoms with Crippen LogP contribution in [0.1, 0.15) is 11.1 Å². The molecular formula is C12H17NO2S. The minimum Gasteiger partial charge on any atom is -0.480 e. The van der Waals surface area contributed by atoms with E-state index in [2.05, 4.69) is 31.3 Å². The van der Waals surface area contributed by atoms with Crippen molar-refractivity contribution in [2.45, 2.75) is 24.8 Å². The summed E-state index contributed by atoms with van der Waals surface area (Å²) in [6, 6.07) is 5.69. The van der Waals surface area contributed by atoms with Gasteiger partial charge in [-0.25, -0.2) is 0 Å². The fourth-order valence-corrected chi connectivity index (χ4v) is 2.35. The zero-order valence-electron chi connectivity index (χ0n) is 9.78. The largest absolute Gasteiger partial charge is 0.480 e. The zero-order valence-corrected chi connectivity index (χ0v) is 10.6. The minimum absolute atomic E-state index is 0.494. The topological polar surface area (TPSA) is 49.3 Å². The number of aryl methyl sites for hydroxylation is 2. The highest BCUT2D eigenvalue weighted by molar-refractivity contribution is 7.99. The van der Waals surface area contributed by atoms with Gasteiger partial charge in [0.15, 0.2) is 0 Å². The van der Waals surface area contributed by atoms with E-state index in [-0.39, 0.29) is 0 Å². The van der Waals surface area contributed by atoms with Crippen molar-refractivity contribution >= 4 is 17.7 Å². The number of thioether (sulfide) groups is 1. The van der Waals surface area contributed by atoms with Crippen molar-refractivity contribution in [1.82, 2.24) is 5.32 Å². The van der Waals surface area contributed by atoms with Gasteiger partial charge in [-0.15, -0.1) is 11.8 Å². The molecule has 1 atom stereocenters. The molecule has 88 valence electrons. The fraction of sp³-hybridized carbons (Fsp3) is 0.417. The highest BCUT2D eigenvalue weighted by Gasteiger charge is 2.14. The Labute approximate surface area is 100 Å². The Morgan fingerprint density at radius 1 is 1.44 bits per heavy atom. The smallest absolute Gasteiger partial charge is 0.321 e. The maximum absolute atomic E-state index is 10.8. The molecule has 0 spiro atoms. The summed E-state index contributed by atoms with van der Waals surface area (Å²) in [5, 5.41) is 11.7. The molecule has 0 bridgehead atoms. The third-order valence-electron chi connectivity index (χ3n) is 2.54. The van der Waals surface area contributed by atoms with Gasteiger partial charge in [0.25, 0.3) is 0 Å². The number of carboxylic acids is 1. The van der Waals surface area contributed by atoms with Crippen LogP contribution in [0.15, 0.2) is 23.1 Å². The maximum atomic E-state index is 10.8. The predicted molar refractivity (Wildman–Crippen MR) is 67.1 cm³/mol. The zero-order chi connectivity index (χ0) is 12.1. The molecule has 1 aromatic rings. The highest BCUT2D eigenvalue weighted by Crippen LogP contribution is 2.21. The first kappa shape index (κ1) is 13.1. The summed E-state index contributed by atoms with van der Waals surface area (Å²) in [4.78, 5) is 11.9. The molecule has 4 heteroatoms. The van der Waals surface area contributed by atoms with E-state index in [4.69, 9.17) is 5.11 Å². The summed E-state index contributed by atoms with van der Waals surface area (Å²) >= 11 is 1.56. The highest BCUT2D eigenvalue weighted by atomic mass is 32.2. The number of carbonyl (C=O) groups is 1. The van der Waals surface area contributed by atoms with Crippen molar-refractivity contribution < 1.29 is 9.90 Å². The van der Waals surface area contributed by atoms with E-state index in [9.17, 15) is 4.79 Å². The average molecular weight is 239 g/mol. The Balaban J connectivity index is 2.60. The Bertz CT molecular complexity index is 379. The van der Waals surface area contributed by atoms with E-state index in [1.807, 2.05) is 6.07 Å². The Morgan fingerprint density at radius 2 is 2.12 bits per heavy atom. The van der Waals surface area contributed by atoms with Gasteiger partial charge in [0.2, 0.25) is 0 Å². The van der Waals surface area contributed by atoms with Crippen LogP contribution in [0.3, 0.4) is 0 Å². The summed E-state index contributed by atoms with van der Waals surface area (Å²) in [5.41, 5.74) is 2.49. The van der Waals surface area contributed by atoms with Crippen molar-refractivity contribution in [2.75, 3.05) is 12.8 Å². The summed E-state index contributed by atoms with van der Waals surface area (Å²) in [5.74, 6) is -0.271. The van der Waals surface area contributed by atoms with Gasteiger partial charge in [0.05, 0.1) is 0 Å². The van der Waals surface area contributed by atoms with E-state index >= 15 is 0 Å². The molecule has 2 N–H and O–H groups in total. The number of rotatable bonds is 5. The lowest BCUT2D eigenvalue weighted by Crippen LogP contribution is -2.35. The van der Waals surface area contributed by atoms with Gasteiger partial charge in [-0.1, -0.05) is 6.07 Å². The molecule has 0 aliphatic heterocycles. The summed E-state index contributed by atoms with van der Waals surface area (Å²) in [6.07, 6.45) is 0. The second-order valence-electron chi connectivity index (χ2n) is 3.74. The second-order valence-corrected chi connectivity index (χ2v) is 4.83. The van der Waals surface area contributed by atoms with Gasteiger partial charge in [-0.05, 0) is 44.2 Å². The van der Waals surface area contributed by atoms with E-state index in [1.54, 1.807) is 18.8 Å². The molecule has 0 aliphatic carbocycles. The second kappa shape index (κ2) is 5.92. The van der Waals surface area contributed by atoms with Crippen LogP contribution in [0.25, 0.3) is 0 Å². The first-order valence-corrected chi connectivity index (χ1v) is 6.13. The first-order chi connectivity index (χ1) is 7.54. The molecule has 0 aliphatic rings. The molecule has 1 unspecified atom stereocenters. The van der Waals surface area contributed by atoms with Crippen LogP contribution in [0, 0.1) is 13.8 Å². The van der Waals surface area contributed by atoms with Crippen LogP contribution in [0.4, 0.5) is 0 Å². The summed E-state index contributed by atoms with van der Waals surface area (Å²) < 4.78 is 0. The van der Waals surface area contributed by atoms with Crippen molar-refractivity contribution in [2.24, 2.45) is 0 Å². The van der Waals surface area contributed by atoms with Crippen LogP contribution >= 0.6 is 11.8 Å². The van der Waals surface area contributed by atoms with Crippen LogP contribution in [-0.4, -0.2) is 29.9 Å². The molecule has 0 radical (unpaired) electrons. The quantitative estimate of drug-likeness (QED) is 0.772. The molecular weight excluding hydrogens is 222 g/mol. The van der Waals surface area contributed by atoms with E-state index in [0.29, 0.717) is 5.75 Å². The Morgan fingerprint density at radius 3 is 2.62 bits per heavy atom. The van der Waals surface area contributed by atoms with Crippen LogP contribution in [-0.2, 0) is 4.79 Å². The number of aliphatic carboxylic acids is 1. The van der Waals surface area contributed by atoms with Gasteiger partial charge >= 0.3 is 5.97 Å². The van der Waals surface area contributed by atoms with E-state index in [1.165, 1.54) is 11.1 Å². The lowest BCUT2D eigenvalue weighted by Gasteiger charge is -2.11. The van der Waals surface area contributed by atoms with Gasteiger partial charge in [-0.2, -0.15) is 0 Å². The van der Waals surface area contributed by atoms with Gasteiger partial charge in [0, 0.05) is 10.6 Å². The molecule has 0 fully saturated rings. The van der Waals surface area contributed by atoms with Crippen LogP contribution < -0.4 is 5.32 Å². The van der Waals surface area contributed by atoms with E-state index in [0.717, 1.165) is 4.90 Å². The summed E-state index contributed by atoms with van der Waals surface area (Å²) in [7, 11) is 1.67. The number of hydrogen-bond donors (Lipinski definition) is 2. The number of carboxylic acid groups (broad SMARTS) is 1. The van der Waals surface area contributed by atoms with Crippen LogP contribution in [0.2, 0.25) is 0 Å². The Hall–Kier alpha value is -1.00. The fourth-order valence-electron chi connectivity index (χ4n) is 1.26. The SMILES string of the molecule is CNC(CSc1ccc(C)c(C)c1)C(=O)O. The average Bonchev–Trinajstić information content (AvgIpc) is 2.23. The lowest BCUT2D eigenvalue weighted by molar-refractivity contribution is -0.138. The van der Waals surface area contributed by atoms with Gasteiger partial charge in [0.1, 0.15) is 6.04 Å². The molecule has 16 heavy (non-hydrogen) atoms. The molecule has 0 aromatic heterocycles. The van der Waals surface area contributed by atoms with Crippen molar-refractivity contribution in [3.8, 4) is 0 Å². The molecule has 0 heterocycles. The molecule has 1 rings (SSSR count). The van der Waals surface area contributed by atoms with Gasteiger partial charge in [-0.3, -0.25) is 4.79 Å². The third-order valence-corrected chi connectivity index (χ3v) is 3.63. The molecule has 1 aromatic carbocycles. The summed E-state index contributed by atoms with van der Waals surface area (Å²) in [6.45, 7) is 4.13. The Kier molecular flexibility index (Phi) is 4.83. The van der Waals surface area contributed by atoms with Crippen molar-refractivity contribution in [3.63, 3.8) is 0 Å². The number of nitrogens with one attached hydrogen (secondary N) is 1. The maximum Gasteiger partial charge on any atom is 0.321 e. The van der Waals surface area contributed by atoms with Crippen LogP contribution in [0.5, 0.6) is 0 Å². The number of likely N-dealkylation sites (N-methyl/N-ethyl adjacent to an activating group) is 1. The van der Waals surface area contributed by atoms with Gasteiger partial charge < -0.3 is 10.4 Å². The van der Waals surface area contributed by atoms with Crippen molar-refractivity contribution in [1.29, 1.82) is 0 Å². The standard InChI is InChI=1S/C12H17NO2S/c1-8-4-5-10(6-9(8)2)16-7-11(13-3)12(14)15/h4-6,11,13H,7H2,1-3H3,(H,14,15). The number of hydrogen-bond acceptors (Lipinski definition) is 3. The minimum atomic E-state index is -0.807. The first-order valence-electron chi connectivity index (χ1n) is 5.14.